The molecule has 5 nitrogen and oxygen atoms in total. The fourth-order valence-corrected chi connectivity index (χ4v) is 7.11. The summed E-state index contributed by atoms with van der Waals surface area (Å²) in [6.07, 6.45) is 7.97. The number of hydrogen-bond donors (Lipinski definition) is 1. The summed E-state index contributed by atoms with van der Waals surface area (Å²) in [5, 5.41) is 0. The first-order valence-corrected chi connectivity index (χ1v) is 14.1. The Hall–Kier alpha value is -3.64. The van der Waals surface area contributed by atoms with E-state index in [4.69, 9.17) is 15.4 Å². The Morgan fingerprint density at radius 1 is 0.975 bits per heavy atom. The number of methoxy groups -OCH3 is 1. The number of aryl methyl sites for hydroxylation is 1. The van der Waals surface area contributed by atoms with Gasteiger partial charge >= 0.3 is 5.97 Å². The molecule has 0 heterocycles. The smallest absolute Gasteiger partial charge is 0.328 e. The number of benzene rings is 3. The first-order chi connectivity index (χ1) is 19.3. The molecule has 0 unspecified atom stereocenters. The number of carbonyl (C=O) groups is 1. The fourth-order valence-electron chi connectivity index (χ4n) is 7.11. The summed E-state index contributed by atoms with van der Waals surface area (Å²) in [5.74, 6) is 5.84. The Kier molecular flexibility index (Phi) is 6.70. The second-order valence-corrected chi connectivity index (χ2v) is 12.1. The Bertz CT molecular complexity index is 1510. The van der Waals surface area contributed by atoms with E-state index in [1.54, 1.807) is 19.2 Å². The summed E-state index contributed by atoms with van der Waals surface area (Å²) >= 11 is 0. The minimum atomic E-state index is -0.324. The van der Waals surface area contributed by atoms with Crippen molar-refractivity contribution in [2.24, 2.45) is 17.2 Å². The lowest BCUT2D eigenvalue weighted by Gasteiger charge is -2.46. The van der Waals surface area contributed by atoms with E-state index in [0.29, 0.717) is 17.9 Å². The second-order valence-electron chi connectivity index (χ2n) is 12.1. The van der Waals surface area contributed by atoms with Crippen LogP contribution in [0.25, 0.3) is 16.7 Å². The Balaban J connectivity index is 1.31. The number of allylic oxidation sites excluding steroid dienone is 2. The van der Waals surface area contributed by atoms with Crippen LogP contribution in [0.15, 0.2) is 60.7 Å². The molecule has 0 saturated heterocycles. The molecule has 0 aliphatic heterocycles. The third-order valence-corrected chi connectivity index (χ3v) is 9.50. The van der Waals surface area contributed by atoms with E-state index in [1.807, 2.05) is 18.2 Å². The number of nitrogens with two attached hydrogens (primary N) is 1. The third kappa shape index (κ3) is 4.39. The predicted octanol–water partition coefficient (Wildman–Crippen LogP) is 7.29. The molecule has 0 bridgehead atoms. The molecule has 0 aromatic heterocycles. The highest BCUT2D eigenvalue weighted by Crippen LogP contribution is 2.57. The van der Waals surface area contributed by atoms with E-state index in [-0.39, 0.29) is 28.5 Å². The minimum absolute atomic E-state index is 0.0120. The van der Waals surface area contributed by atoms with Crippen LogP contribution in [0.3, 0.4) is 0 Å². The van der Waals surface area contributed by atoms with Gasteiger partial charge in [-0.05, 0) is 114 Å². The van der Waals surface area contributed by atoms with Crippen LogP contribution in [0.1, 0.15) is 68.2 Å². The SMILES string of the molecule is COc1ccc(F)c(-c2ccc(COc3ccc4c(c3)[C@@]3(CC4)CC[C@H]3C(=O)ON)cc2C2=CCCC2(C)C)c1. The van der Waals surface area contributed by atoms with Crippen molar-refractivity contribution >= 4 is 11.5 Å². The number of fused-ring (bicyclic) bond motifs is 2. The van der Waals surface area contributed by atoms with Gasteiger partial charge in [0.1, 0.15) is 23.9 Å². The zero-order chi connectivity index (χ0) is 28.1. The van der Waals surface area contributed by atoms with Crippen molar-refractivity contribution in [1.82, 2.24) is 0 Å². The topological polar surface area (TPSA) is 70.8 Å². The van der Waals surface area contributed by atoms with Gasteiger partial charge in [0.25, 0.3) is 0 Å². The number of rotatable bonds is 7. The summed E-state index contributed by atoms with van der Waals surface area (Å²) in [5.41, 5.74) is 6.90. The highest BCUT2D eigenvalue weighted by atomic mass is 19.1. The lowest BCUT2D eigenvalue weighted by Crippen LogP contribution is -2.48. The molecule has 1 spiro atoms. The van der Waals surface area contributed by atoms with E-state index >= 15 is 4.39 Å². The number of hydrogen-bond acceptors (Lipinski definition) is 5. The predicted molar refractivity (Wildman–Crippen MR) is 153 cm³/mol. The van der Waals surface area contributed by atoms with E-state index in [2.05, 4.69) is 43.0 Å². The van der Waals surface area contributed by atoms with E-state index < -0.39 is 0 Å². The molecule has 3 aliphatic rings. The van der Waals surface area contributed by atoms with Gasteiger partial charge in [-0.1, -0.05) is 38.1 Å². The largest absolute Gasteiger partial charge is 0.497 e. The molecular weight excluding hydrogens is 505 g/mol. The maximum Gasteiger partial charge on any atom is 0.328 e. The van der Waals surface area contributed by atoms with Crippen LogP contribution in [0, 0.1) is 17.2 Å². The van der Waals surface area contributed by atoms with Gasteiger partial charge in [-0.15, -0.1) is 0 Å². The van der Waals surface area contributed by atoms with Gasteiger partial charge in [0.15, 0.2) is 0 Å². The molecule has 0 amide bonds. The molecule has 6 rings (SSSR count). The summed E-state index contributed by atoms with van der Waals surface area (Å²) in [7, 11) is 1.59. The van der Waals surface area contributed by atoms with Crippen molar-refractivity contribution in [2.75, 3.05) is 7.11 Å². The van der Waals surface area contributed by atoms with Crippen LogP contribution in [-0.2, 0) is 28.1 Å². The van der Waals surface area contributed by atoms with E-state index in [1.165, 1.54) is 22.8 Å². The van der Waals surface area contributed by atoms with Gasteiger partial charge in [0.2, 0.25) is 0 Å². The Morgan fingerprint density at radius 3 is 2.50 bits per heavy atom. The van der Waals surface area contributed by atoms with Crippen molar-refractivity contribution in [3.8, 4) is 22.6 Å². The summed E-state index contributed by atoms with van der Waals surface area (Å²) in [6.45, 7) is 4.87. The molecule has 6 heteroatoms. The second kappa shape index (κ2) is 10.1. The average molecular weight is 542 g/mol. The lowest BCUT2D eigenvalue weighted by atomic mass is 9.57. The maximum absolute atomic E-state index is 15.1. The van der Waals surface area contributed by atoms with Crippen LogP contribution in [0.4, 0.5) is 4.39 Å². The van der Waals surface area contributed by atoms with Crippen molar-refractivity contribution in [2.45, 2.75) is 64.4 Å². The molecule has 2 N–H and O–H groups in total. The van der Waals surface area contributed by atoms with Crippen molar-refractivity contribution < 1.29 is 23.5 Å². The van der Waals surface area contributed by atoms with Crippen molar-refractivity contribution in [3.63, 3.8) is 0 Å². The number of halogens is 1. The summed E-state index contributed by atoms with van der Waals surface area (Å²) in [6, 6.07) is 17.2. The molecule has 3 aromatic carbocycles. The quantitative estimate of drug-likeness (QED) is 0.318. The average Bonchev–Trinajstić information content (AvgIpc) is 3.51. The molecule has 3 aromatic rings. The maximum atomic E-state index is 15.1. The Morgan fingerprint density at radius 2 is 1.80 bits per heavy atom. The van der Waals surface area contributed by atoms with Crippen LogP contribution in [0.5, 0.6) is 11.5 Å². The van der Waals surface area contributed by atoms with Gasteiger partial charge in [0.05, 0.1) is 13.0 Å². The summed E-state index contributed by atoms with van der Waals surface area (Å²) < 4.78 is 26.8. The zero-order valence-electron chi connectivity index (χ0n) is 23.4. The van der Waals surface area contributed by atoms with Gasteiger partial charge in [-0.25, -0.2) is 4.39 Å². The van der Waals surface area contributed by atoms with Crippen LogP contribution >= 0.6 is 0 Å². The van der Waals surface area contributed by atoms with Gasteiger partial charge in [0, 0.05) is 11.0 Å². The third-order valence-electron chi connectivity index (χ3n) is 9.50. The molecule has 0 radical (unpaired) electrons. The molecular formula is C34H36FNO4. The lowest BCUT2D eigenvalue weighted by molar-refractivity contribution is -0.157. The molecule has 2 atom stereocenters. The van der Waals surface area contributed by atoms with Gasteiger partial charge < -0.3 is 14.3 Å². The first-order valence-electron chi connectivity index (χ1n) is 14.1. The van der Waals surface area contributed by atoms with Crippen molar-refractivity contribution in [3.05, 3.63) is 88.7 Å². The van der Waals surface area contributed by atoms with E-state index in [0.717, 1.165) is 61.0 Å². The normalized spacial score (nSPS) is 22.4. The fraction of sp³-hybridized carbons (Fsp3) is 0.382. The molecule has 208 valence electrons. The highest BCUT2D eigenvalue weighted by molar-refractivity contribution is 5.85. The van der Waals surface area contributed by atoms with E-state index in [9.17, 15) is 4.79 Å². The van der Waals surface area contributed by atoms with Gasteiger partial charge in [-0.3, -0.25) is 4.79 Å². The minimum Gasteiger partial charge on any atom is -0.497 e. The van der Waals surface area contributed by atoms with Crippen LogP contribution < -0.4 is 15.4 Å². The van der Waals surface area contributed by atoms with Crippen LogP contribution in [0.2, 0.25) is 0 Å². The highest BCUT2D eigenvalue weighted by Gasteiger charge is 2.55. The number of carbonyl (C=O) groups excluding carboxylic acids is 1. The molecule has 1 fully saturated rings. The molecule has 3 aliphatic carbocycles. The summed E-state index contributed by atoms with van der Waals surface area (Å²) in [4.78, 5) is 16.9. The first kappa shape index (κ1) is 26.6. The zero-order valence-corrected chi connectivity index (χ0v) is 23.4. The van der Waals surface area contributed by atoms with Crippen molar-refractivity contribution in [1.29, 1.82) is 0 Å². The Labute approximate surface area is 235 Å². The van der Waals surface area contributed by atoms with Gasteiger partial charge in [-0.2, -0.15) is 5.90 Å². The number of ether oxygens (including phenoxy) is 2. The van der Waals surface area contributed by atoms with Crippen LogP contribution in [-0.4, -0.2) is 13.1 Å². The molecule has 1 saturated carbocycles. The monoisotopic (exact) mass is 541 g/mol. The molecule has 40 heavy (non-hydrogen) atoms. The standard InChI is InChI=1S/C34H36FNO4/c1-33(2)14-4-5-28(33)26-17-21(6-10-25(26)27-18-23(38-3)9-11-31(27)35)20-39-24-8-7-22-12-15-34(30(22)19-24)16-13-29(34)32(37)40-36/h5-11,17-19,29H,4,12-16,20,36H2,1-3H3/t29-,34-/m0/s1.